The van der Waals surface area contributed by atoms with Crippen LogP contribution in [-0.4, -0.2) is 62.0 Å². The van der Waals surface area contributed by atoms with E-state index in [2.05, 4.69) is 12.1 Å². The van der Waals surface area contributed by atoms with Crippen LogP contribution in [0.25, 0.3) is 0 Å². The second-order valence-corrected chi connectivity index (χ2v) is 8.36. The number of benzene rings is 2. The summed E-state index contributed by atoms with van der Waals surface area (Å²) in [5.41, 5.74) is 2.36. The van der Waals surface area contributed by atoms with Crippen LogP contribution >= 0.6 is 0 Å². The Morgan fingerprint density at radius 3 is 2.55 bits per heavy atom. The maximum atomic E-state index is 13.1. The summed E-state index contributed by atoms with van der Waals surface area (Å²) in [6.07, 6.45) is 2.02. The van der Waals surface area contributed by atoms with E-state index in [9.17, 15) is 9.59 Å². The zero-order valence-corrected chi connectivity index (χ0v) is 18.3. The predicted molar refractivity (Wildman–Crippen MR) is 118 cm³/mol. The molecule has 2 unspecified atom stereocenters. The molecule has 2 aliphatic rings. The molecule has 6 heteroatoms. The number of methoxy groups -OCH3 is 2. The zero-order chi connectivity index (χ0) is 21.8. The van der Waals surface area contributed by atoms with Gasteiger partial charge in [0.1, 0.15) is 0 Å². The Kier molecular flexibility index (Phi) is 6.44. The van der Waals surface area contributed by atoms with Crippen LogP contribution in [0.4, 0.5) is 0 Å². The van der Waals surface area contributed by atoms with Gasteiger partial charge in [-0.1, -0.05) is 36.4 Å². The van der Waals surface area contributed by atoms with Crippen LogP contribution < -0.4 is 9.47 Å². The number of nitrogens with zero attached hydrogens (tertiary/aromatic N) is 2. The van der Waals surface area contributed by atoms with E-state index in [1.165, 1.54) is 5.56 Å². The Morgan fingerprint density at radius 2 is 1.81 bits per heavy atom. The minimum Gasteiger partial charge on any atom is -0.493 e. The van der Waals surface area contributed by atoms with Gasteiger partial charge in [-0.15, -0.1) is 0 Å². The molecule has 6 nitrogen and oxygen atoms in total. The van der Waals surface area contributed by atoms with E-state index in [0.717, 1.165) is 25.1 Å². The molecule has 2 heterocycles. The van der Waals surface area contributed by atoms with Crippen molar-refractivity contribution in [3.05, 3.63) is 59.7 Å². The average molecular weight is 423 g/mol. The van der Waals surface area contributed by atoms with E-state index < -0.39 is 0 Å². The number of amides is 2. The summed E-state index contributed by atoms with van der Waals surface area (Å²) in [4.78, 5) is 29.4. The molecule has 0 saturated carbocycles. The fourth-order valence-corrected chi connectivity index (χ4v) is 4.67. The van der Waals surface area contributed by atoms with Crippen molar-refractivity contribution < 1.29 is 19.1 Å². The third-order valence-electron chi connectivity index (χ3n) is 6.45. The molecule has 0 aliphatic carbocycles. The molecular weight excluding hydrogens is 392 g/mol. The molecule has 2 atom stereocenters. The van der Waals surface area contributed by atoms with Crippen molar-refractivity contribution in [2.75, 3.05) is 40.4 Å². The minimum atomic E-state index is -0.229. The molecule has 164 valence electrons. The summed E-state index contributed by atoms with van der Waals surface area (Å²) in [5, 5.41) is 0. The number of carbonyl (C=O) groups excluding carboxylic acids is 2. The number of carbonyl (C=O) groups is 2. The molecular formula is C25H30N2O4. The Balaban J connectivity index is 1.31. The van der Waals surface area contributed by atoms with Crippen LogP contribution in [0.1, 0.15) is 29.9 Å². The highest BCUT2D eigenvalue weighted by molar-refractivity contribution is 5.89. The monoisotopic (exact) mass is 422 g/mol. The molecule has 0 radical (unpaired) electrons. The van der Waals surface area contributed by atoms with Crippen molar-refractivity contribution in [3.8, 4) is 11.5 Å². The molecule has 2 saturated heterocycles. The van der Waals surface area contributed by atoms with E-state index in [0.29, 0.717) is 43.3 Å². The summed E-state index contributed by atoms with van der Waals surface area (Å²) in [5.74, 6) is 1.73. The largest absolute Gasteiger partial charge is 0.493 e. The number of likely N-dealkylation sites (tertiary alicyclic amines) is 2. The number of ether oxygens (including phenoxy) is 2. The lowest BCUT2D eigenvalue weighted by Crippen LogP contribution is -2.36. The van der Waals surface area contributed by atoms with Gasteiger partial charge in [0.2, 0.25) is 11.8 Å². The predicted octanol–water partition coefficient (Wildman–Crippen LogP) is 3.11. The molecule has 2 aromatic carbocycles. The highest BCUT2D eigenvalue weighted by Gasteiger charge is 2.38. The SMILES string of the molecule is COc1ccc(CCN2CC(C(=O)N3CCC(c4ccccc4)C3)CC2=O)cc1OC. The highest BCUT2D eigenvalue weighted by Crippen LogP contribution is 2.31. The van der Waals surface area contributed by atoms with Crippen molar-refractivity contribution in [1.29, 1.82) is 0 Å². The molecule has 2 aromatic rings. The molecule has 31 heavy (non-hydrogen) atoms. The third kappa shape index (κ3) is 4.68. The van der Waals surface area contributed by atoms with Crippen LogP contribution in [0, 0.1) is 5.92 Å². The quantitative estimate of drug-likeness (QED) is 0.688. The lowest BCUT2D eigenvalue weighted by Gasteiger charge is -2.21. The maximum absolute atomic E-state index is 13.1. The van der Waals surface area contributed by atoms with Gasteiger partial charge in [-0.2, -0.15) is 0 Å². The Hall–Kier alpha value is -3.02. The number of hydrogen-bond acceptors (Lipinski definition) is 4. The first-order valence-corrected chi connectivity index (χ1v) is 10.9. The topological polar surface area (TPSA) is 59.1 Å². The van der Waals surface area contributed by atoms with Gasteiger partial charge < -0.3 is 19.3 Å². The van der Waals surface area contributed by atoms with Crippen LogP contribution in [0.15, 0.2) is 48.5 Å². The van der Waals surface area contributed by atoms with Gasteiger partial charge in [0.05, 0.1) is 20.1 Å². The van der Waals surface area contributed by atoms with Crippen LogP contribution in [0.2, 0.25) is 0 Å². The van der Waals surface area contributed by atoms with Crippen molar-refractivity contribution in [3.63, 3.8) is 0 Å². The van der Waals surface area contributed by atoms with Crippen molar-refractivity contribution >= 4 is 11.8 Å². The first-order chi connectivity index (χ1) is 15.1. The molecule has 0 aromatic heterocycles. The number of rotatable bonds is 7. The second-order valence-electron chi connectivity index (χ2n) is 8.36. The lowest BCUT2D eigenvalue weighted by atomic mass is 9.99. The van der Waals surface area contributed by atoms with E-state index in [-0.39, 0.29) is 17.7 Å². The van der Waals surface area contributed by atoms with Gasteiger partial charge in [-0.3, -0.25) is 9.59 Å². The third-order valence-corrected chi connectivity index (χ3v) is 6.45. The summed E-state index contributed by atoms with van der Waals surface area (Å²) >= 11 is 0. The first kappa shape index (κ1) is 21.2. The fraction of sp³-hybridized carbons (Fsp3) is 0.440. The highest BCUT2D eigenvalue weighted by atomic mass is 16.5. The molecule has 4 rings (SSSR count). The standard InChI is InChI=1S/C25H30N2O4/c1-30-22-9-8-18(14-23(22)31-2)10-12-26-17-21(15-24(26)28)25(29)27-13-11-20(16-27)19-6-4-3-5-7-19/h3-9,14,20-21H,10-13,15-17H2,1-2H3. The van der Waals surface area contributed by atoms with Crippen molar-refractivity contribution in [1.82, 2.24) is 9.80 Å². The minimum absolute atomic E-state index is 0.0673. The van der Waals surface area contributed by atoms with E-state index in [1.54, 1.807) is 14.2 Å². The smallest absolute Gasteiger partial charge is 0.228 e. The first-order valence-electron chi connectivity index (χ1n) is 10.9. The van der Waals surface area contributed by atoms with Crippen LogP contribution in [-0.2, 0) is 16.0 Å². The second kappa shape index (κ2) is 9.41. The zero-order valence-electron chi connectivity index (χ0n) is 18.3. The molecule has 0 N–H and O–H groups in total. The van der Waals surface area contributed by atoms with Gasteiger partial charge >= 0.3 is 0 Å². The fourth-order valence-electron chi connectivity index (χ4n) is 4.67. The van der Waals surface area contributed by atoms with Crippen LogP contribution in [0.5, 0.6) is 11.5 Å². The molecule has 0 spiro atoms. The van der Waals surface area contributed by atoms with Gasteiger partial charge in [-0.25, -0.2) is 0 Å². The Bertz CT molecular complexity index is 930. The van der Waals surface area contributed by atoms with Crippen LogP contribution in [0.3, 0.4) is 0 Å². The lowest BCUT2D eigenvalue weighted by molar-refractivity contribution is -0.134. The van der Waals surface area contributed by atoms with E-state index >= 15 is 0 Å². The summed E-state index contributed by atoms with van der Waals surface area (Å²) < 4.78 is 10.6. The molecule has 2 fully saturated rings. The Labute approximate surface area is 183 Å². The molecule has 2 aliphatic heterocycles. The summed E-state index contributed by atoms with van der Waals surface area (Å²) in [6, 6.07) is 16.2. The van der Waals surface area contributed by atoms with Gasteiger partial charge in [0, 0.05) is 38.5 Å². The average Bonchev–Trinajstić information content (AvgIpc) is 3.45. The summed E-state index contributed by atoms with van der Waals surface area (Å²) in [6.45, 7) is 2.64. The van der Waals surface area contributed by atoms with E-state index in [4.69, 9.17) is 9.47 Å². The molecule has 2 amide bonds. The van der Waals surface area contributed by atoms with Gasteiger partial charge in [0.15, 0.2) is 11.5 Å². The Morgan fingerprint density at radius 1 is 1.03 bits per heavy atom. The summed E-state index contributed by atoms with van der Waals surface area (Å²) in [7, 11) is 3.22. The number of hydrogen-bond donors (Lipinski definition) is 0. The van der Waals surface area contributed by atoms with E-state index in [1.807, 2.05) is 46.2 Å². The normalized spacial score (nSPS) is 20.9. The van der Waals surface area contributed by atoms with Gasteiger partial charge in [-0.05, 0) is 36.1 Å². The van der Waals surface area contributed by atoms with Gasteiger partial charge in [0.25, 0.3) is 0 Å². The maximum Gasteiger partial charge on any atom is 0.228 e. The van der Waals surface area contributed by atoms with Crippen molar-refractivity contribution in [2.24, 2.45) is 5.92 Å². The molecule has 0 bridgehead atoms. The van der Waals surface area contributed by atoms with Crippen molar-refractivity contribution in [2.45, 2.75) is 25.2 Å².